The van der Waals surface area contributed by atoms with Gasteiger partial charge in [0.25, 0.3) is 5.69 Å². The average molecular weight is 375 g/mol. The Morgan fingerprint density at radius 1 is 1.11 bits per heavy atom. The van der Waals surface area contributed by atoms with E-state index in [1.54, 1.807) is 12.2 Å². The summed E-state index contributed by atoms with van der Waals surface area (Å²) in [5.41, 5.74) is -1.16. The van der Waals surface area contributed by atoms with Crippen molar-refractivity contribution >= 4 is 23.6 Å². The minimum Gasteiger partial charge on any atom is -0.468 e. The standard InChI is InChI=1S/C18H17NO8/c1-25-16(21)18(17(22)26-2)9-3-4-12(10-18)11-27-15(20)13-5-7-14(8-6-13)19(23)24/h3-8,11H,9-10H2,1-2H3/b12-11+. The normalized spacial score (nSPS) is 16.4. The zero-order chi connectivity index (χ0) is 20.0. The second-order valence-electron chi connectivity index (χ2n) is 5.75. The van der Waals surface area contributed by atoms with Crippen molar-refractivity contribution in [2.45, 2.75) is 12.8 Å². The summed E-state index contributed by atoms with van der Waals surface area (Å²) >= 11 is 0. The molecule has 1 aliphatic carbocycles. The second-order valence-corrected chi connectivity index (χ2v) is 5.75. The lowest BCUT2D eigenvalue weighted by molar-refractivity contribution is -0.384. The molecule has 0 heterocycles. The molecule has 0 bridgehead atoms. The lowest BCUT2D eigenvalue weighted by Gasteiger charge is -2.29. The molecular weight excluding hydrogens is 358 g/mol. The van der Waals surface area contributed by atoms with E-state index in [9.17, 15) is 24.5 Å². The minimum absolute atomic E-state index is 0.0591. The summed E-state index contributed by atoms with van der Waals surface area (Å²) < 4.78 is 14.5. The van der Waals surface area contributed by atoms with Gasteiger partial charge in [0.2, 0.25) is 0 Å². The molecule has 0 saturated carbocycles. The van der Waals surface area contributed by atoms with Gasteiger partial charge in [-0.25, -0.2) is 4.79 Å². The number of allylic oxidation sites excluding steroid dienone is 3. The summed E-state index contributed by atoms with van der Waals surface area (Å²) in [5, 5.41) is 10.6. The summed E-state index contributed by atoms with van der Waals surface area (Å²) in [6, 6.07) is 4.90. The van der Waals surface area contributed by atoms with Crippen molar-refractivity contribution in [2.24, 2.45) is 5.41 Å². The molecule has 9 heteroatoms. The number of benzene rings is 1. The first kappa shape index (κ1) is 19.8. The van der Waals surface area contributed by atoms with Crippen LogP contribution in [0.5, 0.6) is 0 Å². The smallest absolute Gasteiger partial charge is 0.342 e. The number of hydrogen-bond acceptors (Lipinski definition) is 8. The molecule has 0 atom stereocenters. The highest BCUT2D eigenvalue weighted by Gasteiger charge is 2.49. The van der Waals surface area contributed by atoms with E-state index in [-0.39, 0.29) is 24.1 Å². The number of nitro benzene ring substituents is 1. The Morgan fingerprint density at radius 3 is 2.22 bits per heavy atom. The van der Waals surface area contributed by atoms with Crippen molar-refractivity contribution in [1.29, 1.82) is 0 Å². The largest absolute Gasteiger partial charge is 0.468 e. The van der Waals surface area contributed by atoms with Crippen LogP contribution in [-0.2, 0) is 23.8 Å². The SMILES string of the molecule is COC(=O)C1(C(=O)OC)CC=C/C(=C\OC(=O)c2ccc([N+](=O)[O-])cc2)C1. The Morgan fingerprint density at radius 2 is 1.70 bits per heavy atom. The first-order valence-corrected chi connectivity index (χ1v) is 7.82. The highest BCUT2D eigenvalue weighted by molar-refractivity contribution is 6.01. The van der Waals surface area contributed by atoms with E-state index in [4.69, 9.17) is 14.2 Å². The van der Waals surface area contributed by atoms with Crippen LogP contribution in [0, 0.1) is 15.5 Å². The number of nitrogens with zero attached hydrogens (tertiary/aromatic N) is 1. The summed E-state index contributed by atoms with van der Waals surface area (Å²) in [4.78, 5) is 46.4. The maximum atomic E-state index is 12.1. The van der Waals surface area contributed by atoms with Gasteiger partial charge in [0, 0.05) is 18.6 Å². The Hall–Kier alpha value is -3.49. The summed E-state index contributed by atoms with van der Waals surface area (Å²) in [5.74, 6) is -2.23. The predicted octanol–water partition coefficient (Wildman–Crippen LogP) is 2.32. The maximum Gasteiger partial charge on any atom is 0.342 e. The van der Waals surface area contributed by atoms with Gasteiger partial charge in [-0.2, -0.15) is 0 Å². The van der Waals surface area contributed by atoms with E-state index in [1.807, 2.05) is 0 Å². The fourth-order valence-electron chi connectivity index (χ4n) is 2.67. The number of esters is 3. The number of nitro groups is 1. The first-order valence-electron chi connectivity index (χ1n) is 7.82. The molecule has 0 amide bonds. The Bertz CT molecular complexity index is 806. The zero-order valence-corrected chi connectivity index (χ0v) is 14.7. The van der Waals surface area contributed by atoms with Crippen LogP contribution in [0.1, 0.15) is 23.2 Å². The molecule has 0 aromatic heterocycles. The number of carbonyl (C=O) groups is 3. The molecule has 27 heavy (non-hydrogen) atoms. The molecule has 0 aliphatic heterocycles. The van der Waals surface area contributed by atoms with Crippen molar-refractivity contribution < 1.29 is 33.5 Å². The van der Waals surface area contributed by atoms with Gasteiger partial charge in [0.1, 0.15) is 0 Å². The monoisotopic (exact) mass is 375 g/mol. The number of carbonyl (C=O) groups excluding carboxylic acids is 3. The quantitative estimate of drug-likeness (QED) is 0.192. The van der Waals surface area contributed by atoms with Crippen LogP contribution in [0.2, 0.25) is 0 Å². The minimum atomic E-state index is -1.54. The van der Waals surface area contributed by atoms with Gasteiger partial charge in [-0.1, -0.05) is 12.2 Å². The summed E-state index contributed by atoms with van der Waals surface area (Å²) in [6.45, 7) is 0. The molecule has 1 aromatic rings. The predicted molar refractivity (Wildman–Crippen MR) is 91.4 cm³/mol. The fraction of sp³-hybridized carbons (Fsp3) is 0.278. The molecule has 1 aliphatic rings. The molecule has 0 spiro atoms. The molecular formula is C18H17NO8. The summed E-state index contributed by atoms with van der Waals surface area (Å²) in [7, 11) is 2.34. The Labute approximate surface area is 154 Å². The van der Waals surface area contributed by atoms with Gasteiger partial charge in [-0.3, -0.25) is 19.7 Å². The van der Waals surface area contributed by atoms with E-state index < -0.39 is 28.2 Å². The van der Waals surface area contributed by atoms with Gasteiger partial charge < -0.3 is 14.2 Å². The maximum absolute atomic E-state index is 12.1. The lowest BCUT2D eigenvalue weighted by Crippen LogP contribution is -2.42. The number of non-ortho nitro benzene ring substituents is 1. The molecule has 0 fully saturated rings. The lowest BCUT2D eigenvalue weighted by atomic mass is 9.75. The number of ether oxygens (including phenoxy) is 3. The molecule has 0 unspecified atom stereocenters. The fourth-order valence-corrected chi connectivity index (χ4v) is 2.67. The van der Waals surface area contributed by atoms with Crippen LogP contribution in [-0.4, -0.2) is 37.1 Å². The van der Waals surface area contributed by atoms with Gasteiger partial charge in [0.05, 0.1) is 31.0 Å². The van der Waals surface area contributed by atoms with Crippen molar-refractivity contribution in [3.63, 3.8) is 0 Å². The van der Waals surface area contributed by atoms with E-state index >= 15 is 0 Å². The van der Waals surface area contributed by atoms with E-state index in [2.05, 4.69) is 0 Å². The molecule has 1 aromatic carbocycles. The third-order valence-electron chi connectivity index (χ3n) is 4.09. The zero-order valence-electron chi connectivity index (χ0n) is 14.7. The van der Waals surface area contributed by atoms with Crippen LogP contribution >= 0.6 is 0 Å². The van der Waals surface area contributed by atoms with E-state index in [0.717, 1.165) is 6.26 Å². The molecule has 0 saturated heterocycles. The van der Waals surface area contributed by atoms with Crippen LogP contribution in [0.3, 0.4) is 0 Å². The number of rotatable bonds is 5. The van der Waals surface area contributed by atoms with Crippen LogP contribution in [0.4, 0.5) is 5.69 Å². The molecule has 2 rings (SSSR count). The van der Waals surface area contributed by atoms with Crippen LogP contribution in [0.25, 0.3) is 0 Å². The van der Waals surface area contributed by atoms with Gasteiger partial charge in [-0.05, 0) is 24.1 Å². The molecule has 0 radical (unpaired) electrons. The highest BCUT2D eigenvalue weighted by Crippen LogP contribution is 2.38. The van der Waals surface area contributed by atoms with E-state index in [1.165, 1.54) is 38.5 Å². The van der Waals surface area contributed by atoms with Crippen LogP contribution in [0.15, 0.2) is 48.3 Å². The third-order valence-corrected chi connectivity index (χ3v) is 4.09. The van der Waals surface area contributed by atoms with Crippen molar-refractivity contribution in [3.8, 4) is 0 Å². The molecule has 0 N–H and O–H groups in total. The average Bonchev–Trinajstić information content (AvgIpc) is 2.70. The first-order chi connectivity index (χ1) is 12.8. The van der Waals surface area contributed by atoms with Crippen molar-refractivity contribution in [2.75, 3.05) is 14.2 Å². The van der Waals surface area contributed by atoms with E-state index in [0.29, 0.717) is 5.57 Å². The van der Waals surface area contributed by atoms with Gasteiger partial charge >= 0.3 is 17.9 Å². The van der Waals surface area contributed by atoms with Crippen LogP contribution < -0.4 is 0 Å². The number of methoxy groups -OCH3 is 2. The molecule has 9 nitrogen and oxygen atoms in total. The third kappa shape index (κ3) is 4.20. The highest BCUT2D eigenvalue weighted by atomic mass is 16.6. The second kappa shape index (κ2) is 8.26. The van der Waals surface area contributed by atoms with Crippen molar-refractivity contribution in [3.05, 3.63) is 63.9 Å². The van der Waals surface area contributed by atoms with Crippen molar-refractivity contribution in [1.82, 2.24) is 0 Å². The Balaban J connectivity index is 2.16. The summed E-state index contributed by atoms with van der Waals surface area (Å²) in [6.07, 6.45) is 4.37. The topological polar surface area (TPSA) is 122 Å². The van der Waals surface area contributed by atoms with Gasteiger partial charge in [-0.15, -0.1) is 0 Å². The van der Waals surface area contributed by atoms with Gasteiger partial charge in [0.15, 0.2) is 5.41 Å². The number of hydrogen-bond donors (Lipinski definition) is 0. The Kier molecular flexibility index (Phi) is 6.07. The molecule has 142 valence electrons.